The predicted molar refractivity (Wildman–Crippen MR) is 89.7 cm³/mol. The normalized spacial score (nSPS) is 18.6. The Bertz CT molecular complexity index is 600. The monoisotopic (exact) mass is 285 g/mol. The van der Waals surface area contributed by atoms with Crippen LogP contribution >= 0.6 is 0 Å². The average molecular weight is 285 g/mol. The predicted octanol–water partition coefficient (Wildman–Crippen LogP) is 3.48. The topological polar surface area (TPSA) is 31.1 Å². The van der Waals surface area contributed by atoms with Gasteiger partial charge in [0.25, 0.3) is 0 Å². The van der Waals surface area contributed by atoms with Crippen molar-refractivity contribution in [2.45, 2.75) is 45.2 Å². The van der Waals surface area contributed by atoms with Gasteiger partial charge in [-0.2, -0.15) is 0 Å². The van der Waals surface area contributed by atoms with Crippen molar-refractivity contribution in [2.24, 2.45) is 0 Å². The second-order valence-corrected chi connectivity index (χ2v) is 6.54. The highest BCUT2D eigenvalue weighted by atomic mass is 15.1. The van der Waals surface area contributed by atoms with Crippen LogP contribution in [0.25, 0.3) is 10.9 Å². The summed E-state index contributed by atoms with van der Waals surface area (Å²) in [5, 5.41) is 5.17. The SMILES string of the molecule is CC(C)N(C)CCNC1CCCc2c1[nH]c1ccccc21. The number of aryl methyl sites for hydroxylation is 1. The van der Waals surface area contributed by atoms with Crippen LogP contribution in [0.2, 0.25) is 0 Å². The minimum Gasteiger partial charge on any atom is -0.357 e. The van der Waals surface area contributed by atoms with Gasteiger partial charge in [0.15, 0.2) is 0 Å². The molecule has 2 aromatic rings. The summed E-state index contributed by atoms with van der Waals surface area (Å²) in [7, 11) is 2.20. The van der Waals surface area contributed by atoms with Gasteiger partial charge in [-0.05, 0) is 51.8 Å². The second kappa shape index (κ2) is 6.20. The molecule has 21 heavy (non-hydrogen) atoms. The van der Waals surface area contributed by atoms with Crippen LogP contribution in [0, 0.1) is 0 Å². The second-order valence-electron chi connectivity index (χ2n) is 6.54. The van der Waals surface area contributed by atoms with Crippen LogP contribution in [0.15, 0.2) is 24.3 Å². The summed E-state index contributed by atoms with van der Waals surface area (Å²) in [6.07, 6.45) is 3.74. The molecule has 0 aliphatic heterocycles. The van der Waals surface area contributed by atoms with E-state index in [2.05, 4.69) is 60.4 Å². The summed E-state index contributed by atoms with van der Waals surface area (Å²) in [6, 6.07) is 9.80. The molecule has 1 unspecified atom stereocenters. The van der Waals surface area contributed by atoms with Gasteiger partial charge in [0.2, 0.25) is 0 Å². The Kier molecular flexibility index (Phi) is 4.32. The van der Waals surface area contributed by atoms with E-state index in [-0.39, 0.29) is 0 Å². The lowest BCUT2D eigenvalue weighted by Gasteiger charge is -2.26. The average Bonchev–Trinajstić information content (AvgIpc) is 2.86. The molecule has 1 aliphatic rings. The number of likely N-dealkylation sites (N-methyl/N-ethyl adjacent to an activating group) is 1. The van der Waals surface area contributed by atoms with E-state index in [1.807, 2.05) is 0 Å². The number of fused-ring (bicyclic) bond motifs is 3. The summed E-state index contributed by atoms with van der Waals surface area (Å²) in [5.41, 5.74) is 4.25. The number of benzene rings is 1. The molecule has 114 valence electrons. The van der Waals surface area contributed by atoms with Crippen LogP contribution in [-0.4, -0.2) is 36.1 Å². The fraction of sp³-hybridized carbons (Fsp3) is 0.556. The summed E-state index contributed by atoms with van der Waals surface area (Å²) < 4.78 is 0. The van der Waals surface area contributed by atoms with Crippen molar-refractivity contribution >= 4 is 10.9 Å². The van der Waals surface area contributed by atoms with Crippen molar-refractivity contribution in [3.63, 3.8) is 0 Å². The summed E-state index contributed by atoms with van der Waals surface area (Å²) in [6.45, 7) is 6.64. The lowest BCUT2D eigenvalue weighted by atomic mass is 9.92. The number of nitrogens with one attached hydrogen (secondary N) is 2. The largest absolute Gasteiger partial charge is 0.357 e. The Morgan fingerprint density at radius 3 is 2.95 bits per heavy atom. The maximum Gasteiger partial charge on any atom is 0.0476 e. The fourth-order valence-electron chi connectivity index (χ4n) is 3.29. The third-order valence-electron chi connectivity index (χ3n) is 4.85. The number of nitrogens with zero attached hydrogens (tertiary/aromatic N) is 1. The van der Waals surface area contributed by atoms with E-state index < -0.39 is 0 Å². The van der Waals surface area contributed by atoms with Crippen LogP contribution in [0.4, 0.5) is 0 Å². The molecule has 1 atom stereocenters. The van der Waals surface area contributed by atoms with E-state index >= 15 is 0 Å². The number of aromatic nitrogens is 1. The van der Waals surface area contributed by atoms with Gasteiger partial charge in [0.05, 0.1) is 0 Å². The van der Waals surface area contributed by atoms with E-state index in [1.54, 1.807) is 0 Å². The number of H-pyrrole nitrogens is 1. The molecule has 0 bridgehead atoms. The third kappa shape index (κ3) is 2.99. The molecule has 3 nitrogen and oxygen atoms in total. The van der Waals surface area contributed by atoms with Gasteiger partial charge in [-0.25, -0.2) is 0 Å². The zero-order chi connectivity index (χ0) is 14.8. The molecule has 1 aliphatic carbocycles. The van der Waals surface area contributed by atoms with Crippen LogP contribution in [0.1, 0.15) is 44.0 Å². The molecule has 3 heteroatoms. The quantitative estimate of drug-likeness (QED) is 0.881. The minimum atomic E-state index is 0.488. The minimum absolute atomic E-state index is 0.488. The van der Waals surface area contributed by atoms with Crippen molar-refractivity contribution in [1.82, 2.24) is 15.2 Å². The summed E-state index contributed by atoms with van der Waals surface area (Å²) in [4.78, 5) is 6.04. The molecular formula is C18H27N3. The number of para-hydroxylation sites is 1. The Morgan fingerprint density at radius 1 is 1.33 bits per heavy atom. The summed E-state index contributed by atoms with van der Waals surface area (Å²) in [5.74, 6) is 0. The lowest BCUT2D eigenvalue weighted by molar-refractivity contribution is 0.266. The maximum atomic E-state index is 3.75. The van der Waals surface area contributed by atoms with E-state index in [0.29, 0.717) is 12.1 Å². The lowest BCUT2D eigenvalue weighted by Crippen LogP contribution is -2.36. The van der Waals surface area contributed by atoms with Crippen LogP contribution < -0.4 is 5.32 Å². The van der Waals surface area contributed by atoms with E-state index in [4.69, 9.17) is 0 Å². The smallest absolute Gasteiger partial charge is 0.0476 e. The van der Waals surface area contributed by atoms with Gasteiger partial charge in [-0.1, -0.05) is 18.2 Å². The zero-order valence-electron chi connectivity index (χ0n) is 13.4. The van der Waals surface area contributed by atoms with Crippen LogP contribution in [0.3, 0.4) is 0 Å². The number of aromatic amines is 1. The first-order chi connectivity index (χ1) is 10.2. The van der Waals surface area contributed by atoms with Crippen LogP contribution in [-0.2, 0) is 6.42 Å². The zero-order valence-corrected chi connectivity index (χ0v) is 13.4. The molecule has 1 heterocycles. The molecular weight excluding hydrogens is 258 g/mol. The van der Waals surface area contributed by atoms with Crippen molar-refractivity contribution in [2.75, 3.05) is 20.1 Å². The van der Waals surface area contributed by atoms with Gasteiger partial charge in [-0.3, -0.25) is 0 Å². The Morgan fingerprint density at radius 2 is 2.14 bits per heavy atom. The molecule has 0 radical (unpaired) electrons. The van der Waals surface area contributed by atoms with E-state index in [9.17, 15) is 0 Å². The summed E-state index contributed by atoms with van der Waals surface area (Å²) >= 11 is 0. The van der Waals surface area contributed by atoms with E-state index in [0.717, 1.165) is 13.1 Å². The molecule has 0 spiro atoms. The van der Waals surface area contributed by atoms with Gasteiger partial charge in [-0.15, -0.1) is 0 Å². The Labute approximate surface area is 127 Å². The van der Waals surface area contributed by atoms with Gasteiger partial charge in [0, 0.05) is 41.8 Å². The highest BCUT2D eigenvalue weighted by molar-refractivity contribution is 5.85. The maximum absolute atomic E-state index is 3.75. The Balaban J connectivity index is 1.72. The molecule has 0 fully saturated rings. The standard InChI is InChI=1S/C18H27N3/c1-13(2)21(3)12-11-19-17-10-6-8-15-14-7-4-5-9-16(14)20-18(15)17/h4-5,7,9,13,17,19-20H,6,8,10-12H2,1-3H3. The highest BCUT2D eigenvalue weighted by Crippen LogP contribution is 2.34. The molecule has 1 aromatic heterocycles. The molecule has 2 N–H and O–H groups in total. The molecule has 0 amide bonds. The molecule has 1 aromatic carbocycles. The number of rotatable bonds is 5. The number of hydrogen-bond donors (Lipinski definition) is 2. The molecule has 0 saturated heterocycles. The van der Waals surface area contributed by atoms with Crippen molar-refractivity contribution < 1.29 is 0 Å². The fourth-order valence-corrected chi connectivity index (χ4v) is 3.29. The third-order valence-corrected chi connectivity index (χ3v) is 4.85. The first kappa shape index (κ1) is 14.6. The first-order valence-electron chi connectivity index (χ1n) is 8.20. The van der Waals surface area contributed by atoms with Crippen molar-refractivity contribution in [3.05, 3.63) is 35.5 Å². The van der Waals surface area contributed by atoms with Crippen molar-refractivity contribution in [1.29, 1.82) is 0 Å². The molecule has 0 saturated carbocycles. The van der Waals surface area contributed by atoms with Gasteiger partial charge >= 0.3 is 0 Å². The van der Waals surface area contributed by atoms with Crippen molar-refractivity contribution in [3.8, 4) is 0 Å². The number of hydrogen-bond acceptors (Lipinski definition) is 2. The van der Waals surface area contributed by atoms with Gasteiger partial charge in [0.1, 0.15) is 0 Å². The van der Waals surface area contributed by atoms with E-state index in [1.165, 1.54) is 41.4 Å². The molecule has 3 rings (SSSR count). The first-order valence-corrected chi connectivity index (χ1v) is 8.20. The Hall–Kier alpha value is -1.32. The highest BCUT2D eigenvalue weighted by Gasteiger charge is 2.23. The van der Waals surface area contributed by atoms with Crippen LogP contribution in [0.5, 0.6) is 0 Å². The van der Waals surface area contributed by atoms with Gasteiger partial charge < -0.3 is 15.2 Å².